The highest BCUT2D eigenvalue weighted by Gasteiger charge is 2.19. The summed E-state index contributed by atoms with van der Waals surface area (Å²) < 4.78 is 23.7. The lowest BCUT2D eigenvalue weighted by Crippen LogP contribution is -2.43. The predicted octanol–water partition coefficient (Wildman–Crippen LogP) is 1.38. The lowest BCUT2D eigenvalue weighted by molar-refractivity contribution is -0.121. The molecule has 4 aromatic rings. The van der Waals surface area contributed by atoms with Gasteiger partial charge in [-0.2, -0.15) is 0 Å². The molecule has 0 unspecified atom stereocenters. The number of nitrogens with one attached hydrogen (secondary N) is 1. The van der Waals surface area contributed by atoms with Crippen molar-refractivity contribution < 1.29 is 23.7 Å². The second-order valence-electron chi connectivity index (χ2n) is 8.28. The smallest absolute Gasteiger partial charge is 0.332 e. The zero-order chi connectivity index (χ0) is 24.6. The van der Waals surface area contributed by atoms with Crippen molar-refractivity contribution in [1.82, 2.24) is 19.4 Å². The zero-order valence-electron chi connectivity index (χ0n) is 18.9. The average Bonchev–Trinajstić information content (AvgIpc) is 3.56. The fraction of sp³-hybridized carbons (Fsp3) is 0.200. The number of hydrogen-bond donors (Lipinski definition) is 1. The lowest BCUT2D eigenvalue weighted by atomic mass is 10.2. The average molecular weight is 488 g/mol. The van der Waals surface area contributed by atoms with E-state index in [0.29, 0.717) is 28.6 Å². The fourth-order valence-corrected chi connectivity index (χ4v) is 4.21. The molecule has 4 heterocycles. The van der Waals surface area contributed by atoms with Crippen molar-refractivity contribution in [2.24, 2.45) is 0 Å². The molecular formula is C25H20N4O7. The van der Waals surface area contributed by atoms with Crippen LogP contribution in [0.3, 0.4) is 0 Å². The number of rotatable bonds is 6. The van der Waals surface area contributed by atoms with Gasteiger partial charge in [0.15, 0.2) is 28.5 Å². The van der Waals surface area contributed by atoms with Gasteiger partial charge in [-0.3, -0.25) is 18.7 Å². The molecule has 0 saturated carbocycles. The van der Waals surface area contributed by atoms with Gasteiger partial charge in [0, 0.05) is 12.7 Å². The summed E-state index contributed by atoms with van der Waals surface area (Å²) in [5.41, 5.74) is 0.725. The van der Waals surface area contributed by atoms with Gasteiger partial charge in [-0.05, 0) is 47.5 Å². The first-order chi connectivity index (χ1) is 17.6. The first kappa shape index (κ1) is 21.7. The molecule has 11 heteroatoms. The number of aromatic nitrogens is 3. The minimum absolute atomic E-state index is 0.0142. The van der Waals surface area contributed by atoms with Crippen molar-refractivity contribution in [3.05, 3.63) is 86.7 Å². The zero-order valence-corrected chi connectivity index (χ0v) is 18.9. The number of pyridine rings is 1. The summed E-state index contributed by atoms with van der Waals surface area (Å²) in [6.07, 6.45) is 1.48. The van der Waals surface area contributed by atoms with Crippen LogP contribution in [0.25, 0.3) is 11.0 Å². The maximum atomic E-state index is 13.4. The SMILES string of the molecule is O=C(Cn1c(=O)n(Cc2ccc3c(c2)OCO3)c(=O)c2ncccc21)NCc1ccc2c(c1)OCO2. The number of ether oxygens (including phenoxy) is 4. The molecule has 0 fully saturated rings. The van der Waals surface area contributed by atoms with Crippen molar-refractivity contribution in [2.45, 2.75) is 19.6 Å². The van der Waals surface area contributed by atoms with E-state index in [1.54, 1.807) is 42.5 Å². The van der Waals surface area contributed by atoms with E-state index in [4.69, 9.17) is 18.9 Å². The third-order valence-electron chi connectivity index (χ3n) is 5.99. The minimum Gasteiger partial charge on any atom is -0.454 e. The van der Waals surface area contributed by atoms with Gasteiger partial charge in [-0.15, -0.1) is 0 Å². The molecule has 1 amide bonds. The first-order valence-electron chi connectivity index (χ1n) is 11.2. The van der Waals surface area contributed by atoms with Crippen LogP contribution in [-0.4, -0.2) is 33.6 Å². The molecule has 2 aromatic carbocycles. The third-order valence-corrected chi connectivity index (χ3v) is 5.99. The molecule has 0 radical (unpaired) electrons. The Morgan fingerprint density at radius 3 is 2.28 bits per heavy atom. The van der Waals surface area contributed by atoms with Crippen LogP contribution in [0.5, 0.6) is 23.0 Å². The monoisotopic (exact) mass is 488 g/mol. The number of benzene rings is 2. The van der Waals surface area contributed by atoms with Crippen molar-refractivity contribution >= 4 is 16.9 Å². The molecule has 0 saturated heterocycles. The summed E-state index contributed by atoms with van der Waals surface area (Å²) >= 11 is 0. The van der Waals surface area contributed by atoms with E-state index in [-0.39, 0.29) is 44.3 Å². The van der Waals surface area contributed by atoms with E-state index in [9.17, 15) is 14.4 Å². The highest BCUT2D eigenvalue weighted by Crippen LogP contribution is 2.33. The van der Waals surface area contributed by atoms with E-state index in [1.807, 2.05) is 6.07 Å². The van der Waals surface area contributed by atoms with Crippen molar-refractivity contribution in [3.63, 3.8) is 0 Å². The fourth-order valence-electron chi connectivity index (χ4n) is 4.21. The molecule has 36 heavy (non-hydrogen) atoms. The van der Waals surface area contributed by atoms with E-state index in [1.165, 1.54) is 10.8 Å². The standard InChI is InChI=1S/C25H20N4O7/c30-22(27-10-15-3-5-18-20(8-15)35-13-33-18)12-28-17-2-1-7-26-23(17)24(31)29(25(28)32)11-16-4-6-19-21(9-16)36-14-34-19/h1-9H,10-14H2,(H,27,30). The normalized spacial score (nSPS) is 13.2. The van der Waals surface area contributed by atoms with Gasteiger partial charge in [0.2, 0.25) is 19.5 Å². The van der Waals surface area contributed by atoms with Crippen molar-refractivity contribution in [3.8, 4) is 23.0 Å². The minimum atomic E-state index is -0.614. The predicted molar refractivity (Wildman–Crippen MR) is 126 cm³/mol. The van der Waals surface area contributed by atoms with E-state index >= 15 is 0 Å². The van der Waals surface area contributed by atoms with Gasteiger partial charge in [0.25, 0.3) is 5.56 Å². The van der Waals surface area contributed by atoms with Crippen LogP contribution in [0, 0.1) is 0 Å². The van der Waals surface area contributed by atoms with Gasteiger partial charge < -0.3 is 24.3 Å². The second-order valence-corrected chi connectivity index (χ2v) is 8.28. The van der Waals surface area contributed by atoms with Gasteiger partial charge in [-0.25, -0.2) is 9.78 Å². The van der Waals surface area contributed by atoms with Crippen LogP contribution < -0.4 is 35.5 Å². The maximum absolute atomic E-state index is 13.4. The third kappa shape index (κ3) is 3.90. The van der Waals surface area contributed by atoms with E-state index in [2.05, 4.69) is 10.3 Å². The van der Waals surface area contributed by atoms with E-state index < -0.39 is 17.2 Å². The molecule has 182 valence electrons. The topological polar surface area (TPSA) is 123 Å². The molecule has 0 bridgehead atoms. The Morgan fingerprint density at radius 2 is 1.53 bits per heavy atom. The van der Waals surface area contributed by atoms with Gasteiger partial charge in [-0.1, -0.05) is 12.1 Å². The molecule has 11 nitrogen and oxygen atoms in total. The van der Waals surface area contributed by atoms with Crippen LogP contribution >= 0.6 is 0 Å². The number of amides is 1. The Labute approximate surface area is 203 Å². The van der Waals surface area contributed by atoms with Crippen LogP contribution in [0.4, 0.5) is 0 Å². The number of nitrogens with zero attached hydrogens (tertiary/aromatic N) is 3. The lowest BCUT2D eigenvalue weighted by Gasteiger charge is -2.14. The highest BCUT2D eigenvalue weighted by molar-refractivity contribution is 5.79. The van der Waals surface area contributed by atoms with E-state index in [0.717, 1.165) is 10.1 Å². The molecule has 0 aliphatic carbocycles. The van der Waals surface area contributed by atoms with Gasteiger partial charge in [0.1, 0.15) is 6.54 Å². The molecule has 2 aromatic heterocycles. The van der Waals surface area contributed by atoms with Crippen LogP contribution in [0.1, 0.15) is 11.1 Å². The molecule has 2 aliphatic heterocycles. The Bertz CT molecular complexity index is 1630. The van der Waals surface area contributed by atoms with Crippen molar-refractivity contribution in [2.75, 3.05) is 13.6 Å². The molecule has 6 rings (SSSR count). The molecule has 0 spiro atoms. The quantitative estimate of drug-likeness (QED) is 0.432. The summed E-state index contributed by atoms with van der Waals surface area (Å²) in [7, 11) is 0. The number of hydrogen-bond acceptors (Lipinski definition) is 8. The van der Waals surface area contributed by atoms with Crippen LogP contribution in [-0.2, 0) is 24.4 Å². The number of fused-ring (bicyclic) bond motifs is 3. The largest absolute Gasteiger partial charge is 0.454 e. The summed E-state index contributed by atoms with van der Waals surface area (Å²) in [5, 5.41) is 2.81. The summed E-state index contributed by atoms with van der Waals surface area (Å²) in [5.74, 6) is 2.02. The highest BCUT2D eigenvalue weighted by atomic mass is 16.7. The van der Waals surface area contributed by atoms with Gasteiger partial charge >= 0.3 is 5.69 Å². The summed E-state index contributed by atoms with van der Waals surface area (Å²) in [6.45, 7) is 0.216. The Kier molecular flexibility index (Phi) is 5.29. The first-order valence-corrected chi connectivity index (χ1v) is 11.2. The van der Waals surface area contributed by atoms with Crippen LogP contribution in [0.15, 0.2) is 64.3 Å². The number of carbonyl (C=O) groups excluding carboxylic acids is 1. The second kappa shape index (κ2) is 8.77. The summed E-state index contributed by atoms with van der Waals surface area (Å²) in [6, 6.07) is 13.8. The van der Waals surface area contributed by atoms with Gasteiger partial charge in [0.05, 0.1) is 12.1 Å². The molecule has 0 atom stereocenters. The Hall–Kier alpha value is -4.80. The summed E-state index contributed by atoms with van der Waals surface area (Å²) in [4.78, 5) is 43.6. The Morgan fingerprint density at radius 1 is 0.861 bits per heavy atom. The molecule has 1 N–H and O–H groups in total. The number of carbonyl (C=O) groups is 1. The molecular weight excluding hydrogens is 468 g/mol. The molecule has 2 aliphatic rings. The van der Waals surface area contributed by atoms with Crippen LogP contribution in [0.2, 0.25) is 0 Å². The maximum Gasteiger partial charge on any atom is 0.332 e. The van der Waals surface area contributed by atoms with Crippen molar-refractivity contribution in [1.29, 1.82) is 0 Å². The Balaban J connectivity index is 1.28.